The molecule has 0 saturated carbocycles. The number of esters is 2. The Morgan fingerprint density at radius 1 is 0.846 bits per heavy atom. The Labute approximate surface area is 226 Å². The number of rotatable bonds is 15. The van der Waals surface area contributed by atoms with E-state index < -0.39 is 30.1 Å². The molecule has 0 saturated heterocycles. The van der Waals surface area contributed by atoms with Crippen LogP contribution in [0.25, 0.3) is 10.8 Å². The van der Waals surface area contributed by atoms with Crippen molar-refractivity contribution in [1.82, 2.24) is 0 Å². The highest BCUT2D eigenvalue weighted by molar-refractivity contribution is 5.98. The number of ether oxygens (including phenoxy) is 6. The molecule has 1 aliphatic rings. The Morgan fingerprint density at radius 2 is 1.33 bits per heavy atom. The Morgan fingerprint density at radius 3 is 1.77 bits per heavy atom. The molecule has 1 aliphatic carbocycles. The van der Waals surface area contributed by atoms with Gasteiger partial charge in [-0.25, -0.2) is 14.4 Å². The number of carbonyl (C=O) groups is 3. The first-order valence-corrected chi connectivity index (χ1v) is 12.2. The van der Waals surface area contributed by atoms with E-state index >= 15 is 0 Å². The van der Waals surface area contributed by atoms with Crippen LogP contribution in [0.3, 0.4) is 0 Å². The maximum Gasteiger partial charge on any atom is 0.331 e. The van der Waals surface area contributed by atoms with E-state index in [4.69, 9.17) is 28.4 Å². The lowest BCUT2D eigenvalue weighted by Gasteiger charge is -2.27. The summed E-state index contributed by atoms with van der Waals surface area (Å²) in [7, 11) is 2.96. The summed E-state index contributed by atoms with van der Waals surface area (Å²) in [6, 6.07) is 7.37. The molecule has 2 aromatic rings. The zero-order valence-electron chi connectivity index (χ0n) is 22.0. The standard InChI is InChI=1S/C29H32O10/c1-5-25(30)38-19(14-34-3)16-36-27-21-9-7-8-10-22(21)28(24-13-18(29(32)33)11-12-23(24)27)37-17-20(15-35-4)39-26(31)6-2/h5-11,19-20H,1-2,12-17H2,3-4H3,(H,32,33). The Hall–Kier alpha value is -4.15. The number of carbonyl (C=O) groups excluding carboxylic acids is 2. The number of benzene rings is 2. The van der Waals surface area contributed by atoms with Crippen LogP contribution in [0.4, 0.5) is 0 Å². The molecule has 0 heterocycles. The van der Waals surface area contributed by atoms with E-state index in [0.717, 1.165) is 23.1 Å². The van der Waals surface area contributed by atoms with Crippen LogP contribution in [0, 0.1) is 0 Å². The first-order valence-electron chi connectivity index (χ1n) is 12.2. The molecule has 2 atom stereocenters. The topological polar surface area (TPSA) is 127 Å². The normalized spacial score (nSPS) is 13.8. The van der Waals surface area contributed by atoms with E-state index in [1.807, 2.05) is 24.3 Å². The van der Waals surface area contributed by atoms with Crippen molar-refractivity contribution in [3.05, 3.63) is 72.4 Å². The Bertz CT molecular complexity index is 1260. The lowest BCUT2D eigenvalue weighted by atomic mass is 9.87. The minimum atomic E-state index is -1.03. The van der Waals surface area contributed by atoms with Crippen LogP contribution in [-0.2, 0) is 46.2 Å². The molecule has 0 aromatic heterocycles. The third kappa shape index (κ3) is 7.46. The average molecular weight is 541 g/mol. The van der Waals surface area contributed by atoms with E-state index in [9.17, 15) is 19.5 Å². The van der Waals surface area contributed by atoms with Gasteiger partial charge in [0.25, 0.3) is 0 Å². The van der Waals surface area contributed by atoms with Gasteiger partial charge in [0.05, 0.1) is 13.2 Å². The average Bonchev–Trinajstić information content (AvgIpc) is 2.94. The molecular weight excluding hydrogens is 508 g/mol. The van der Waals surface area contributed by atoms with Crippen molar-refractivity contribution in [2.45, 2.75) is 25.0 Å². The van der Waals surface area contributed by atoms with Crippen molar-refractivity contribution in [3.63, 3.8) is 0 Å². The lowest BCUT2D eigenvalue weighted by molar-refractivity contribution is -0.148. The molecule has 0 spiro atoms. The molecule has 0 radical (unpaired) electrons. The summed E-state index contributed by atoms with van der Waals surface area (Å²) in [6.45, 7) is 6.98. The van der Waals surface area contributed by atoms with Crippen molar-refractivity contribution in [3.8, 4) is 11.5 Å². The molecule has 3 rings (SSSR count). The number of carboxylic acids is 1. The maximum atomic E-state index is 11.9. The minimum absolute atomic E-state index is 0.00697. The molecule has 10 heteroatoms. The highest BCUT2D eigenvalue weighted by Crippen LogP contribution is 2.44. The zero-order chi connectivity index (χ0) is 28.4. The first-order chi connectivity index (χ1) is 18.8. The zero-order valence-corrected chi connectivity index (χ0v) is 22.0. The second-order valence-corrected chi connectivity index (χ2v) is 8.64. The number of fused-ring (bicyclic) bond motifs is 2. The summed E-state index contributed by atoms with van der Waals surface area (Å²) in [6.07, 6.45) is 2.71. The fraction of sp³-hybridized carbons (Fsp3) is 0.345. The molecule has 10 nitrogen and oxygen atoms in total. The first kappa shape index (κ1) is 29.4. The van der Waals surface area contributed by atoms with Gasteiger partial charge in [-0.2, -0.15) is 0 Å². The summed E-state index contributed by atoms with van der Waals surface area (Å²) in [4.78, 5) is 35.4. The van der Waals surface area contributed by atoms with Crippen molar-refractivity contribution >= 4 is 28.7 Å². The summed E-state index contributed by atoms with van der Waals surface area (Å²) >= 11 is 0. The fourth-order valence-electron chi connectivity index (χ4n) is 4.24. The number of carboxylic acid groups (broad SMARTS) is 1. The van der Waals surface area contributed by atoms with Crippen LogP contribution in [0.1, 0.15) is 11.1 Å². The number of aliphatic carboxylic acids is 1. The molecule has 0 bridgehead atoms. The minimum Gasteiger partial charge on any atom is -0.489 e. The largest absolute Gasteiger partial charge is 0.489 e. The highest BCUT2D eigenvalue weighted by Gasteiger charge is 2.28. The Balaban J connectivity index is 2.04. The van der Waals surface area contributed by atoms with Crippen LogP contribution in [0.15, 0.2) is 61.2 Å². The van der Waals surface area contributed by atoms with Gasteiger partial charge in [-0.05, 0) is 6.42 Å². The molecule has 0 aliphatic heterocycles. The molecule has 208 valence electrons. The van der Waals surface area contributed by atoms with E-state index in [2.05, 4.69) is 13.2 Å². The molecule has 2 aromatic carbocycles. The van der Waals surface area contributed by atoms with Crippen LogP contribution in [0.2, 0.25) is 0 Å². The third-order valence-electron chi connectivity index (χ3n) is 5.95. The van der Waals surface area contributed by atoms with Gasteiger partial charge in [-0.3, -0.25) is 0 Å². The van der Waals surface area contributed by atoms with Crippen LogP contribution >= 0.6 is 0 Å². The summed E-state index contributed by atoms with van der Waals surface area (Å²) in [5, 5.41) is 11.1. The molecule has 2 unspecified atom stereocenters. The molecule has 0 amide bonds. The lowest BCUT2D eigenvalue weighted by Crippen LogP contribution is -2.30. The number of hydrogen-bond acceptors (Lipinski definition) is 9. The van der Waals surface area contributed by atoms with E-state index in [-0.39, 0.29) is 44.8 Å². The predicted molar refractivity (Wildman–Crippen MR) is 142 cm³/mol. The van der Waals surface area contributed by atoms with E-state index in [1.54, 1.807) is 6.08 Å². The number of hydrogen-bond donors (Lipinski definition) is 1. The van der Waals surface area contributed by atoms with Gasteiger partial charge in [-0.1, -0.05) is 43.5 Å². The summed E-state index contributed by atoms with van der Waals surface area (Å²) in [5.74, 6) is -1.27. The van der Waals surface area contributed by atoms with Crippen molar-refractivity contribution in [2.24, 2.45) is 0 Å². The molecule has 1 N–H and O–H groups in total. The fourth-order valence-corrected chi connectivity index (χ4v) is 4.24. The van der Waals surface area contributed by atoms with E-state index in [0.29, 0.717) is 22.4 Å². The van der Waals surface area contributed by atoms with Gasteiger partial charge < -0.3 is 33.5 Å². The predicted octanol–water partition coefficient (Wildman–Crippen LogP) is 3.20. The highest BCUT2D eigenvalue weighted by atomic mass is 16.6. The SMILES string of the molecule is C=CC(=O)OC(COC)COc1c2c(c(OCC(COC)OC(=O)C=C)c3ccccc13)CC(C(=O)O)=CC2. The van der Waals surface area contributed by atoms with Crippen molar-refractivity contribution < 1.29 is 47.9 Å². The van der Waals surface area contributed by atoms with Gasteiger partial charge in [0.2, 0.25) is 0 Å². The van der Waals surface area contributed by atoms with Crippen LogP contribution < -0.4 is 9.47 Å². The second-order valence-electron chi connectivity index (χ2n) is 8.64. The van der Waals surface area contributed by atoms with Crippen molar-refractivity contribution in [1.29, 1.82) is 0 Å². The quantitative estimate of drug-likeness (QED) is 0.266. The third-order valence-corrected chi connectivity index (χ3v) is 5.95. The van der Waals surface area contributed by atoms with Gasteiger partial charge in [0, 0.05) is 60.3 Å². The molecule has 0 fully saturated rings. The Kier molecular flexibility index (Phi) is 10.7. The van der Waals surface area contributed by atoms with Crippen LogP contribution in [0.5, 0.6) is 11.5 Å². The number of methoxy groups -OCH3 is 2. The van der Waals surface area contributed by atoms with Gasteiger partial charge in [-0.15, -0.1) is 0 Å². The summed E-state index contributed by atoms with van der Waals surface area (Å²) < 4.78 is 33.5. The second kappa shape index (κ2) is 14.1. The van der Waals surface area contributed by atoms with Gasteiger partial charge >= 0.3 is 17.9 Å². The maximum absolute atomic E-state index is 11.9. The smallest absolute Gasteiger partial charge is 0.331 e. The number of allylic oxidation sites excluding steroid dienone is 1. The summed E-state index contributed by atoms with van der Waals surface area (Å²) in [5.41, 5.74) is 1.60. The monoisotopic (exact) mass is 540 g/mol. The molecular formula is C29H32O10. The van der Waals surface area contributed by atoms with Gasteiger partial charge in [0.15, 0.2) is 12.2 Å². The van der Waals surface area contributed by atoms with Crippen LogP contribution in [-0.4, -0.2) is 75.9 Å². The molecule has 39 heavy (non-hydrogen) atoms. The van der Waals surface area contributed by atoms with Crippen molar-refractivity contribution in [2.75, 3.05) is 40.6 Å². The van der Waals surface area contributed by atoms with E-state index in [1.165, 1.54) is 14.2 Å². The van der Waals surface area contributed by atoms with Gasteiger partial charge in [0.1, 0.15) is 24.7 Å².